The topological polar surface area (TPSA) is 39.2 Å². The summed E-state index contributed by atoms with van der Waals surface area (Å²) in [5, 5.41) is 0. The van der Waals surface area contributed by atoms with Crippen LogP contribution in [0, 0.1) is 5.92 Å². The van der Waals surface area contributed by atoms with E-state index in [1.54, 1.807) is 6.26 Å². The van der Waals surface area contributed by atoms with E-state index < -0.39 is 0 Å². The maximum absolute atomic E-state index is 6.09. The number of nitrogens with two attached hydrogens (primary N) is 1. The van der Waals surface area contributed by atoms with Gasteiger partial charge in [-0.2, -0.15) is 0 Å². The third-order valence-corrected chi connectivity index (χ3v) is 2.91. The van der Waals surface area contributed by atoms with Crippen LogP contribution in [0.5, 0.6) is 0 Å². The summed E-state index contributed by atoms with van der Waals surface area (Å²) < 4.78 is 5.34. The summed E-state index contributed by atoms with van der Waals surface area (Å²) in [7, 11) is 0. The minimum atomic E-state index is 0.206. The van der Waals surface area contributed by atoms with Crippen molar-refractivity contribution < 1.29 is 4.42 Å². The zero-order valence-electron chi connectivity index (χ0n) is 7.42. The molecule has 1 heterocycles. The van der Waals surface area contributed by atoms with Crippen molar-refractivity contribution in [1.29, 1.82) is 0 Å². The Morgan fingerprint density at radius 1 is 1.67 bits per heavy atom. The van der Waals surface area contributed by atoms with Crippen molar-refractivity contribution in [3.8, 4) is 0 Å². The second-order valence-corrected chi connectivity index (χ2v) is 3.53. The number of hydrogen-bond acceptors (Lipinski definition) is 2. The second kappa shape index (κ2) is 2.94. The molecule has 0 fully saturated rings. The number of aryl methyl sites for hydroxylation is 1. The standard InChI is InChI=1S/C10H15NO/c1-2-7-3-4-9-8(10(7)11)5-6-12-9/h5-7,10H,2-4,11H2,1H3/t7-,10+/m0/s1. The Morgan fingerprint density at radius 2 is 2.50 bits per heavy atom. The fraction of sp³-hybridized carbons (Fsp3) is 0.600. The molecule has 66 valence electrons. The van der Waals surface area contributed by atoms with Gasteiger partial charge in [0.25, 0.3) is 0 Å². The quantitative estimate of drug-likeness (QED) is 0.693. The molecule has 1 aromatic heterocycles. The maximum atomic E-state index is 6.09. The lowest BCUT2D eigenvalue weighted by molar-refractivity contribution is 0.340. The second-order valence-electron chi connectivity index (χ2n) is 3.53. The van der Waals surface area contributed by atoms with Crippen LogP contribution in [-0.4, -0.2) is 0 Å². The molecule has 1 aromatic rings. The number of furan rings is 1. The van der Waals surface area contributed by atoms with Crippen molar-refractivity contribution in [2.75, 3.05) is 0 Å². The normalized spacial score (nSPS) is 28.5. The minimum absolute atomic E-state index is 0.206. The van der Waals surface area contributed by atoms with Gasteiger partial charge in [-0.25, -0.2) is 0 Å². The first kappa shape index (κ1) is 7.87. The lowest BCUT2D eigenvalue weighted by Crippen LogP contribution is -2.25. The van der Waals surface area contributed by atoms with E-state index in [0.29, 0.717) is 5.92 Å². The monoisotopic (exact) mass is 165 g/mol. The van der Waals surface area contributed by atoms with Crippen molar-refractivity contribution in [3.05, 3.63) is 23.7 Å². The molecule has 0 radical (unpaired) electrons. The van der Waals surface area contributed by atoms with E-state index in [9.17, 15) is 0 Å². The molecule has 2 N–H and O–H groups in total. The van der Waals surface area contributed by atoms with Crippen LogP contribution in [0.3, 0.4) is 0 Å². The lowest BCUT2D eigenvalue weighted by Gasteiger charge is -2.26. The smallest absolute Gasteiger partial charge is 0.108 e. The molecular weight excluding hydrogens is 150 g/mol. The highest BCUT2D eigenvalue weighted by Crippen LogP contribution is 2.34. The highest BCUT2D eigenvalue weighted by atomic mass is 16.3. The molecule has 12 heavy (non-hydrogen) atoms. The number of hydrogen-bond donors (Lipinski definition) is 1. The van der Waals surface area contributed by atoms with Crippen molar-refractivity contribution >= 4 is 0 Å². The van der Waals surface area contributed by atoms with Crippen molar-refractivity contribution in [3.63, 3.8) is 0 Å². The Bertz CT molecular complexity index is 267. The van der Waals surface area contributed by atoms with E-state index in [-0.39, 0.29) is 6.04 Å². The summed E-state index contributed by atoms with van der Waals surface area (Å²) in [5.74, 6) is 1.75. The summed E-state index contributed by atoms with van der Waals surface area (Å²) >= 11 is 0. The van der Waals surface area contributed by atoms with Crippen molar-refractivity contribution in [1.82, 2.24) is 0 Å². The van der Waals surface area contributed by atoms with Gasteiger partial charge in [0.05, 0.1) is 6.26 Å². The first-order chi connectivity index (χ1) is 5.83. The van der Waals surface area contributed by atoms with E-state index in [1.807, 2.05) is 6.07 Å². The van der Waals surface area contributed by atoms with E-state index in [4.69, 9.17) is 10.2 Å². The van der Waals surface area contributed by atoms with Gasteiger partial charge in [0.2, 0.25) is 0 Å². The molecule has 1 aliphatic carbocycles. The molecular formula is C10H15NO. The highest BCUT2D eigenvalue weighted by molar-refractivity contribution is 5.24. The third kappa shape index (κ3) is 1.07. The van der Waals surface area contributed by atoms with Crippen LogP contribution in [0.4, 0.5) is 0 Å². The summed E-state index contributed by atoms with van der Waals surface area (Å²) in [6, 6.07) is 2.22. The molecule has 0 spiro atoms. The molecule has 0 unspecified atom stereocenters. The summed E-state index contributed by atoms with van der Waals surface area (Å²) in [5.41, 5.74) is 7.32. The van der Waals surface area contributed by atoms with Gasteiger partial charge >= 0.3 is 0 Å². The Labute approximate surface area is 72.7 Å². The van der Waals surface area contributed by atoms with Gasteiger partial charge in [-0.3, -0.25) is 0 Å². The summed E-state index contributed by atoms with van der Waals surface area (Å²) in [6.07, 6.45) is 5.17. The van der Waals surface area contributed by atoms with Gasteiger partial charge in [0.15, 0.2) is 0 Å². The molecule has 2 heteroatoms. The molecule has 0 aliphatic heterocycles. The van der Waals surface area contributed by atoms with E-state index >= 15 is 0 Å². The molecule has 0 amide bonds. The largest absolute Gasteiger partial charge is 0.469 e. The van der Waals surface area contributed by atoms with Gasteiger partial charge in [-0.05, 0) is 18.4 Å². The number of fused-ring (bicyclic) bond motifs is 1. The molecule has 0 saturated heterocycles. The minimum Gasteiger partial charge on any atom is -0.469 e. The lowest BCUT2D eigenvalue weighted by atomic mass is 9.82. The SMILES string of the molecule is CC[C@H]1CCc2occc2[C@@H]1N. The van der Waals surface area contributed by atoms with E-state index in [2.05, 4.69) is 6.92 Å². The van der Waals surface area contributed by atoms with Crippen molar-refractivity contribution in [2.45, 2.75) is 32.2 Å². The van der Waals surface area contributed by atoms with E-state index in [1.165, 1.54) is 18.4 Å². The zero-order valence-corrected chi connectivity index (χ0v) is 7.42. The molecule has 2 rings (SSSR count). The first-order valence-electron chi connectivity index (χ1n) is 4.64. The Kier molecular flexibility index (Phi) is 1.93. The van der Waals surface area contributed by atoms with Gasteiger partial charge in [0, 0.05) is 18.0 Å². The van der Waals surface area contributed by atoms with Crippen LogP contribution < -0.4 is 5.73 Å². The molecule has 0 aromatic carbocycles. The predicted molar refractivity (Wildman–Crippen MR) is 47.7 cm³/mol. The Hall–Kier alpha value is -0.760. The van der Waals surface area contributed by atoms with Crippen LogP contribution >= 0.6 is 0 Å². The van der Waals surface area contributed by atoms with Gasteiger partial charge < -0.3 is 10.2 Å². The van der Waals surface area contributed by atoms with Crippen LogP contribution in [0.25, 0.3) is 0 Å². The van der Waals surface area contributed by atoms with Crippen molar-refractivity contribution in [2.24, 2.45) is 11.7 Å². The maximum Gasteiger partial charge on any atom is 0.108 e. The van der Waals surface area contributed by atoms with Gasteiger partial charge in [-0.1, -0.05) is 13.3 Å². The molecule has 0 saturated carbocycles. The fourth-order valence-corrected chi connectivity index (χ4v) is 2.06. The average Bonchev–Trinajstić information content (AvgIpc) is 2.53. The molecule has 0 bridgehead atoms. The van der Waals surface area contributed by atoms with Gasteiger partial charge in [-0.15, -0.1) is 0 Å². The zero-order chi connectivity index (χ0) is 8.55. The summed E-state index contributed by atoms with van der Waals surface area (Å²) in [4.78, 5) is 0. The van der Waals surface area contributed by atoms with Crippen LogP contribution in [0.2, 0.25) is 0 Å². The van der Waals surface area contributed by atoms with Crippen LogP contribution in [-0.2, 0) is 6.42 Å². The fourth-order valence-electron chi connectivity index (χ4n) is 2.06. The molecule has 1 aliphatic rings. The third-order valence-electron chi connectivity index (χ3n) is 2.91. The molecule has 2 atom stereocenters. The Balaban J connectivity index is 2.29. The van der Waals surface area contributed by atoms with E-state index in [0.717, 1.165) is 12.2 Å². The predicted octanol–water partition coefficient (Wildman–Crippen LogP) is 2.25. The Morgan fingerprint density at radius 3 is 3.25 bits per heavy atom. The highest BCUT2D eigenvalue weighted by Gasteiger charge is 2.26. The first-order valence-corrected chi connectivity index (χ1v) is 4.64. The van der Waals surface area contributed by atoms with Gasteiger partial charge in [0.1, 0.15) is 5.76 Å². The molecule has 2 nitrogen and oxygen atoms in total. The number of rotatable bonds is 1. The average molecular weight is 165 g/mol. The summed E-state index contributed by atoms with van der Waals surface area (Å²) in [6.45, 7) is 2.20. The van der Waals surface area contributed by atoms with Crippen LogP contribution in [0.1, 0.15) is 37.1 Å². The van der Waals surface area contributed by atoms with Crippen LogP contribution in [0.15, 0.2) is 16.7 Å².